The topological polar surface area (TPSA) is 30.8 Å². The monoisotopic (exact) mass is 101 g/mol. The number of ether oxygens (including phenoxy) is 2. The highest BCUT2D eigenvalue weighted by molar-refractivity contribution is 5.78. The number of rotatable bonds is 0. The maximum absolute atomic E-state index is 4.82. The Morgan fingerprint density at radius 3 is 3.00 bits per heavy atom. The highest BCUT2D eigenvalue weighted by Crippen LogP contribution is 1.91. The lowest BCUT2D eigenvalue weighted by Gasteiger charge is -1.90. The first-order chi connectivity index (χ1) is 3.43. The zero-order valence-electron chi connectivity index (χ0n) is 4.18. The number of methoxy groups -OCH3 is 1. The van der Waals surface area contributed by atoms with Gasteiger partial charge < -0.3 is 9.47 Å². The van der Waals surface area contributed by atoms with Crippen LogP contribution in [0.3, 0.4) is 0 Å². The Balaban J connectivity index is 2.36. The van der Waals surface area contributed by atoms with Gasteiger partial charge in [-0.05, 0) is 0 Å². The van der Waals surface area contributed by atoms with Crippen LogP contribution in [0.15, 0.2) is 4.99 Å². The lowest BCUT2D eigenvalue weighted by atomic mass is 10.7. The molecule has 7 heavy (non-hydrogen) atoms. The SMILES string of the molecule is COC1=NCOC1. The number of hydrogen-bond donors (Lipinski definition) is 0. The molecule has 0 bridgehead atoms. The third-order valence-corrected chi connectivity index (χ3v) is 0.793. The van der Waals surface area contributed by atoms with Crippen molar-refractivity contribution in [3.63, 3.8) is 0 Å². The summed E-state index contributed by atoms with van der Waals surface area (Å²) in [7, 11) is 1.59. The Hall–Kier alpha value is -0.570. The molecule has 0 spiro atoms. The van der Waals surface area contributed by atoms with Gasteiger partial charge in [-0.25, -0.2) is 4.99 Å². The fourth-order valence-electron chi connectivity index (χ4n) is 0.420. The van der Waals surface area contributed by atoms with Gasteiger partial charge in [0.2, 0.25) is 5.90 Å². The fourth-order valence-corrected chi connectivity index (χ4v) is 0.420. The second kappa shape index (κ2) is 1.93. The normalized spacial score (nSPS) is 19.3. The largest absolute Gasteiger partial charge is 0.483 e. The molecular formula is C4H7NO2. The number of nitrogens with zero attached hydrogens (tertiary/aromatic N) is 1. The van der Waals surface area contributed by atoms with Crippen LogP contribution in [0.2, 0.25) is 0 Å². The Morgan fingerprint density at radius 2 is 2.71 bits per heavy atom. The predicted molar refractivity (Wildman–Crippen MR) is 25.3 cm³/mol. The van der Waals surface area contributed by atoms with Crippen molar-refractivity contribution in [3.05, 3.63) is 0 Å². The quantitative estimate of drug-likeness (QED) is 0.430. The molecule has 0 saturated heterocycles. The zero-order chi connectivity index (χ0) is 5.11. The van der Waals surface area contributed by atoms with Crippen LogP contribution in [0, 0.1) is 0 Å². The summed E-state index contributed by atoms with van der Waals surface area (Å²) in [4.78, 5) is 3.83. The van der Waals surface area contributed by atoms with Crippen molar-refractivity contribution in [2.45, 2.75) is 0 Å². The van der Waals surface area contributed by atoms with Crippen LogP contribution in [0.1, 0.15) is 0 Å². The van der Waals surface area contributed by atoms with E-state index in [1.807, 2.05) is 0 Å². The molecule has 0 aromatic rings. The molecule has 1 aliphatic heterocycles. The first-order valence-electron chi connectivity index (χ1n) is 2.08. The van der Waals surface area contributed by atoms with E-state index in [-0.39, 0.29) is 0 Å². The van der Waals surface area contributed by atoms with Gasteiger partial charge in [-0.2, -0.15) is 0 Å². The molecule has 1 heterocycles. The van der Waals surface area contributed by atoms with Crippen LogP contribution in [0.5, 0.6) is 0 Å². The van der Waals surface area contributed by atoms with E-state index in [1.54, 1.807) is 7.11 Å². The number of aliphatic imine (C=N–C) groups is 1. The van der Waals surface area contributed by atoms with Gasteiger partial charge in [0.05, 0.1) is 7.11 Å². The molecule has 1 rings (SSSR count). The Labute approximate surface area is 42.0 Å². The molecule has 0 N–H and O–H groups in total. The molecule has 0 aromatic carbocycles. The average Bonchev–Trinajstić information content (AvgIpc) is 2.14. The van der Waals surface area contributed by atoms with Gasteiger partial charge in [-0.1, -0.05) is 0 Å². The van der Waals surface area contributed by atoms with Gasteiger partial charge >= 0.3 is 0 Å². The molecule has 40 valence electrons. The van der Waals surface area contributed by atoms with Crippen molar-refractivity contribution in [2.75, 3.05) is 20.4 Å². The van der Waals surface area contributed by atoms with Crippen LogP contribution < -0.4 is 0 Å². The van der Waals surface area contributed by atoms with E-state index in [0.29, 0.717) is 19.2 Å². The van der Waals surface area contributed by atoms with E-state index in [1.165, 1.54) is 0 Å². The molecule has 0 amide bonds. The molecule has 1 aliphatic rings. The van der Waals surface area contributed by atoms with E-state index in [2.05, 4.69) is 4.99 Å². The average molecular weight is 101 g/mol. The molecule has 3 nitrogen and oxygen atoms in total. The third kappa shape index (κ3) is 0.899. The van der Waals surface area contributed by atoms with Crippen LogP contribution >= 0.6 is 0 Å². The molecule has 0 unspecified atom stereocenters. The van der Waals surface area contributed by atoms with Gasteiger partial charge in [0, 0.05) is 0 Å². The molecule has 0 fully saturated rings. The lowest BCUT2D eigenvalue weighted by molar-refractivity contribution is 0.194. The minimum absolute atomic E-state index is 0.461. The van der Waals surface area contributed by atoms with Crippen molar-refractivity contribution < 1.29 is 9.47 Å². The van der Waals surface area contributed by atoms with E-state index < -0.39 is 0 Å². The molecule has 0 radical (unpaired) electrons. The van der Waals surface area contributed by atoms with Crippen molar-refractivity contribution in [1.82, 2.24) is 0 Å². The van der Waals surface area contributed by atoms with E-state index in [4.69, 9.17) is 9.47 Å². The smallest absolute Gasteiger partial charge is 0.212 e. The summed E-state index contributed by atoms with van der Waals surface area (Å²) in [5, 5.41) is 0. The van der Waals surface area contributed by atoms with Crippen molar-refractivity contribution >= 4 is 5.90 Å². The maximum Gasteiger partial charge on any atom is 0.212 e. The van der Waals surface area contributed by atoms with Gasteiger partial charge in [0.15, 0.2) is 0 Å². The summed E-state index contributed by atoms with van der Waals surface area (Å²) in [6.45, 7) is 1.000. The summed E-state index contributed by atoms with van der Waals surface area (Å²) in [5.41, 5.74) is 0. The van der Waals surface area contributed by atoms with E-state index in [9.17, 15) is 0 Å². The van der Waals surface area contributed by atoms with Gasteiger partial charge in [0.25, 0.3) is 0 Å². The third-order valence-electron chi connectivity index (χ3n) is 0.793. The first kappa shape index (κ1) is 4.59. The van der Waals surface area contributed by atoms with Crippen LogP contribution in [0.4, 0.5) is 0 Å². The molecule has 0 aliphatic carbocycles. The fraction of sp³-hybridized carbons (Fsp3) is 0.750. The zero-order valence-corrected chi connectivity index (χ0v) is 4.18. The summed E-state index contributed by atoms with van der Waals surface area (Å²) >= 11 is 0. The molecule has 0 saturated carbocycles. The highest BCUT2D eigenvalue weighted by Gasteiger charge is 2.02. The van der Waals surface area contributed by atoms with Crippen molar-refractivity contribution in [1.29, 1.82) is 0 Å². The summed E-state index contributed by atoms with van der Waals surface area (Å²) < 4.78 is 9.56. The van der Waals surface area contributed by atoms with Crippen LogP contribution in [-0.2, 0) is 9.47 Å². The Bertz CT molecular complexity index is 89.7. The van der Waals surface area contributed by atoms with Gasteiger partial charge in [0.1, 0.15) is 13.3 Å². The molecular weight excluding hydrogens is 94.0 g/mol. The summed E-state index contributed by atoms with van der Waals surface area (Å²) in [6.07, 6.45) is 0. The minimum atomic E-state index is 0.461. The van der Waals surface area contributed by atoms with Crippen LogP contribution in [-0.4, -0.2) is 26.3 Å². The van der Waals surface area contributed by atoms with Gasteiger partial charge in [-0.15, -0.1) is 0 Å². The second-order valence-corrected chi connectivity index (χ2v) is 1.23. The summed E-state index contributed by atoms with van der Waals surface area (Å²) in [6, 6.07) is 0. The van der Waals surface area contributed by atoms with E-state index in [0.717, 1.165) is 0 Å². The first-order valence-corrected chi connectivity index (χ1v) is 2.08. The Morgan fingerprint density at radius 1 is 1.86 bits per heavy atom. The van der Waals surface area contributed by atoms with Crippen molar-refractivity contribution in [3.8, 4) is 0 Å². The minimum Gasteiger partial charge on any atom is -0.483 e. The molecule has 3 heteroatoms. The number of hydrogen-bond acceptors (Lipinski definition) is 3. The second-order valence-electron chi connectivity index (χ2n) is 1.23. The lowest BCUT2D eigenvalue weighted by Crippen LogP contribution is -2.01. The molecule has 0 aromatic heterocycles. The molecule has 0 atom stereocenters. The van der Waals surface area contributed by atoms with Crippen molar-refractivity contribution in [2.24, 2.45) is 4.99 Å². The maximum atomic E-state index is 4.82. The van der Waals surface area contributed by atoms with Gasteiger partial charge in [-0.3, -0.25) is 0 Å². The van der Waals surface area contributed by atoms with Crippen LogP contribution in [0.25, 0.3) is 0 Å². The predicted octanol–water partition coefficient (Wildman–Crippen LogP) is 0.0190. The standard InChI is InChI=1S/C4H7NO2/c1-6-4-2-7-3-5-4/h2-3H2,1H3. The highest BCUT2D eigenvalue weighted by atomic mass is 16.5. The Kier molecular flexibility index (Phi) is 1.26. The van der Waals surface area contributed by atoms with E-state index >= 15 is 0 Å². The summed E-state index contributed by atoms with van der Waals surface area (Å²) in [5.74, 6) is 0.694.